The van der Waals surface area contributed by atoms with E-state index < -0.39 is 24.9 Å². The molecular formula is C19H24NO4P. The Hall–Kier alpha value is -1.97. The summed E-state index contributed by atoms with van der Waals surface area (Å²) in [4.78, 5) is 26.9. The van der Waals surface area contributed by atoms with E-state index in [0.717, 1.165) is 6.42 Å². The van der Waals surface area contributed by atoms with Gasteiger partial charge in [-0.05, 0) is 24.1 Å². The molecule has 1 aromatic heterocycles. The van der Waals surface area contributed by atoms with Gasteiger partial charge in [0.25, 0.3) is 0 Å². The summed E-state index contributed by atoms with van der Waals surface area (Å²) in [6.07, 6.45) is 3.39. The average Bonchev–Trinajstić information content (AvgIpc) is 2.59. The molecule has 2 rings (SSSR count). The summed E-state index contributed by atoms with van der Waals surface area (Å²) in [5.41, 5.74) is 0.229. The van der Waals surface area contributed by atoms with Crippen LogP contribution < -0.4 is 0 Å². The zero-order valence-corrected chi connectivity index (χ0v) is 15.2. The van der Waals surface area contributed by atoms with Gasteiger partial charge in [-0.15, -0.1) is 0 Å². The fraction of sp³-hybridized carbons (Fsp3) is 0.368. The molecule has 0 fully saturated rings. The fourth-order valence-electron chi connectivity index (χ4n) is 3.05. The van der Waals surface area contributed by atoms with E-state index in [0.29, 0.717) is 24.1 Å². The van der Waals surface area contributed by atoms with Crippen molar-refractivity contribution in [2.45, 2.75) is 43.9 Å². The Kier molecular flexibility index (Phi) is 6.91. The molecule has 0 spiro atoms. The minimum Gasteiger partial charge on any atom is -0.481 e. The second-order valence-electron chi connectivity index (χ2n) is 6.17. The van der Waals surface area contributed by atoms with Gasteiger partial charge in [0.2, 0.25) is 7.37 Å². The molecule has 2 N–H and O–H groups in total. The maximum atomic E-state index is 13.2. The monoisotopic (exact) mass is 361 g/mol. The van der Waals surface area contributed by atoms with Crippen LogP contribution in [0.2, 0.25) is 0 Å². The molecule has 0 aliphatic heterocycles. The Balaban J connectivity index is 2.38. The maximum absolute atomic E-state index is 13.2. The van der Waals surface area contributed by atoms with Crippen molar-refractivity contribution in [3.8, 4) is 0 Å². The number of unbranched alkanes of at least 4 members (excludes halogenated alkanes) is 1. The van der Waals surface area contributed by atoms with E-state index in [2.05, 4.69) is 4.98 Å². The van der Waals surface area contributed by atoms with Crippen molar-refractivity contribution < 1.29 is 19.4 Å². The molecule has 0 saturated heterocycles. The molecule has 2 aromatic rings. The van der Waals surface area contributed by atoms with Crippen molar-refractivity contribution >= 4 is 13.3 Å². The van der Waals surface area contributed by atoms with Crippen molar-refractivity contribution in [2.24, 2.45) is 0 Å². The Bertz CT molecular complexity index is 721. The van der Waals surface area contributed by atoms with Crippen LogP contribution in [0.3, 0.4) is 0 Å². The molecule has 3 unspecified atom stereocenters. The van der Waals surface area contributed by atoms with Crippen LogP contribution in [0.1, 0.15) is 43.4 Å². The highest BCUT2D eigenvalue weighted by Gasteiger charge is 2.41. The molecule has 0 radical (unpaired) electrons. The quantitative estimate of drug-likeness (QED) is 0.651. The minimum absolute atomic E-state index is 0.112. The van der Waals surface area contributed by atoms with Gasteiger partial charge in [0.05, 0.1) is 17.7 Å². The van der Waals surface area contributed by atoms with E-state index in [1.807, 2.05) is 6.92 Å². The Morgan fingerprint density at radius 1 is 1.16 bits per heavy atom. The first kappa shape index (κ1) is 19.4. The van der Waals surface area contributed by atoms with Gasteiger partial charge in [0.1, 0.15) is 0 Å². The van der Waals surface area contributed by atoms with E-state index in [-0.39, 0.29) is 6.16 Å². The molecule has 134 valence electrons. The molecule has 1 aromatic carbocycles. The van der Waals surface area contributed by atoms with E-state index >= 15 is 0 Å². The number of rotatable bonds is 9. The van der Waals surface area contributed by atoms with Crippen molar-refractivity contribution in [3.05, 3.63) is 66.0 Å². The SMILES string of the molecule is CCCCC(C(C(=O)O)c1ccccc1)P(=O)(O)Cc1ccccn1. The van der Waals surface area contributed by atoms with Gasteiger partial charge in [0, 0.05) is 11.9 Å². The van der Waals surface area contributed by atoms with Crippen LogP contribution in [0.4, 0.5) is 0 Å². The maximum Gasteiger partial charge on any atom is 0.311 e. The molecule has 0 saturated carbocycles. The largest absolute Gasteiger partial charge is 0.481 e. The highest BCUT2D eigenvalue weighted by molar-refractivity contribution is 7.58. The number of aromatic nitrogens is 1. The third-order valence-corrected chi connectivity index (χ3v) is 6.67. The molecule has 3 atom stereocenters. The van der Waals surface area contributed by atoms with Crippen LogP contribution in [0.5, 0.6) is 0 Å². The summed E-state index contributed by atoms with van der Waals surface area (Å²) in [7, 11) is -3.77. The van der Waals surface area contributed by atoms with Crippen molar-refractivity contribution in [1.82, 2.24) is 4.98 Å². The molecule has 5 nitrogen and oxygen atoms in total. The number of benzene rings is 1. The summed E-state index contributed by atoms with van der Waals surface area (Å²) in [6, 6.07) is 13.9. The molecule has 25 heavy (non-hydrogen) atoms. The zero-order chi connectivity index (χ0) is 18.3. The molecule has 6 heteroatoms. The van der Waals surface area contributed by atoms with Gasteiger partial charge < -0.3 is 10.00 Å². The van der Waals surface area contributed by atoms with E-state index in [9.17, 15) is 19.4 Å². The Morgan fingerprint density at radius 2 is 1.84 bits per heavy atom. The fourth-order valence-corrected chi connectivity index (χ4v) is 5.28. The molecule has 0 amide bonds. The predicted octanol–water partition coefficient (Wildman–Crippen LogP) is 4.28. The second-order valence-corrected chi connectivity index (χ2v) is 8.66. The second kappa shape index (κ2) is 8.93. The van der Waals surface area contributed by atoms with Gasteiger partial charge in [-0.2, -0.15) is 0 Å². The van der Waals surface area contributed by atoms with E-state index in [4.69, 9.17) is 0 Å². The minimum atomic E-state index is -3.77. The smallest absolute Gasteiger partial charge is 0.311 e. The summed E-state index contributed by atoms with van der Waals surface area (Å²) >= 11 is 0. The number of nitrogens with zero attached hydrogens (tertiary/aromatic N) is 1. The van der Waals surface area contributed by atoms with Gasteiger partial charge in [0.15, 0.2) is 0 Å². The average molecular weight is 361 g/mol. The molecule has 0 bridgehead atoms. The first-order valence-electron chi connectivity index (χ1n) is 8.45. The highest BCUT2D eigenvalue weighted by atomic mass is 31.2. The van der Waals surface area contributed by atoms with Gasteiger partial charge in [-0.1, -0.05) is 56.2 Å². The first-order valence-corrected chi connectivity index (χ1v) is 10.4. The van der Waals surface area contributed by atoms with E-state index in [1.165, 1.54) is 0 Å². The molecule has 0 aliphatic rings. The van der Waals surface area contributed by atoms with Crippen LogP contribution in [0, 0.1) is 0 Å². The van der Waals surface area contributed by atoms with Crippen LogP contribution >= 0.6 is 7.37 Å². The first-order chi connectivity index (χ1) is 12.0. The summed E-state index contributed by atoms with van der Waals surface area (Å²) in [5.74, 6) is -2.07. The third-order valence-electron chi connectivity index (χ3n) is 4.30. The lowest BCUT2D eigenvalue weighted by Gasteiger charge is -2.28. The number of carboxylic acids is 1. The topological polar surface area (TPSA) is 87.5 Å². The lowest BCUT2D eigenvalue weighted by molar-refractivity contribution is -0.139. The molecular weight excluding hydrogens is 337 g/mol. The van der Waals surface area contributed by atoms with Crippen LogP contribution in [0.25, 0.3) is 0 Å². The summed E-state index contributed by atoms with van der Waals surface area (Å²) in [6.45, 7) is 1.98. The predicted molar refractivity (Wildman–Crippen MR) is 97.9 cm³/mol. The summed E-state index contributed by atoms with van der Waals surface area (Å²) < 4.78 is 13.2. The van der Waals surface area contributed by atoms with E-state index in [1.54, 1.807) is 54.7 Å². The Labute approximate surface area is 148 Å². The number of aliphatic carboxylic acids is 1. The van der Waals surface area contributed by atoms with Gasteiger partial charge >= 0.3 is 5.97 Å². The van der Waals surface area contributed by atoms with Crippen molar-refractivity contribution in [2.75, 3.05) is 0 Å². The normalized spacial score (nSPS) is 15.9. The number of hydrogen-bond donors (Lipinski definition) is 2. The van der Waals surface area contributed by atoms with Crippen LogP contribution in [-0.4, -0.2) is 26.6 Å². The lowest BCUT2D eigenvalue weighted by atomic mass is 9.93. The van der Waals surface area contributed by atoms with Crippen LogP contribution in [-0.2, 0) is 15.5 Å². The van der Waals surface area contributed by atoms with Crippen molar-refractivity contribution in [1.29, 1.82) is 0 Å². The Morgan fingerprint density at radius 3 is 2.40 bits per heavy atom. The lowest BCUT2D eigenvalue weighted by Crippen LogP contribution is -2.27. The zero-order valence-electron chi connectivity index (χ0n) is 14.3. The van der Waals surface area contributed by atoms with Gasteiger partial charge in [-0.3, -0.25) is 14.3 Å². The molecule has 1 heterocycles. The van der Waals surface area contributed by atoms with Crippen LogP contribution in [0.15, 0.2) is 54.7 Å². The number of hydrogen-bond acceptors (Lipinski definition) is 3. The number of carbonyl (C=O) groups is 1. The standard InChI is InChI=1S/C19H24NO4P/c1-2-3-12-17(18(19(21)22)15-9-5-4-6-10-15)25(23,24)14-16-11-7-8-13-20-16/h4-11,13,17-18H,2-3,12,14H2,1H3,(H,21,22)(H,23,24). The number of pyridine rings is 1. The highest BCUT2D eigenvalue weighted by Crippen LogP contribution is 2.56. The number of carboxylic acid groups (broad SMARTS) is 1. The van der Waals surface area contributed by atoms with Gasteiger partial charge in [-0.25, -0.2) is 0 Å². The third kappa shape index (κ3) is 5.25. The van der Waals surface area contributed by atoms with Crippen molar-refractivity contribution in [3.63, 3.8) is 0 Å². The summed E-state index contributed by atoms with van der Waals surface area (Å²) in [5, 5.41) is 9.78. The molecule has 0 aliphatic carbocycles.